The number of unbranched alkanes of at least 4 members (excludes halogenated alkanes) is 2. The van der Waals surface area contributed by atoms with Gasteiger partial charge in [-0.05, 0) is 160 Å². The van der Waals surface area contributed by atoms with Crippen LogP contribution in [0.25, 0.3) is 44.5 Å². The zero-order valence-electron chi connectivity index (χ0n) is 48.8. The van der Waals surface area contributed by atoms with Crippen LogP contribution in [0.4, 0.5) is 0 Å². The number of carbonyl (C=O) groups excluding carboxylic acids is 2. The van der Waals surface area contributed by atoms with Gasteiger partial charge in [-0.1, -0.05) is 23.3 Å². The smallest absolute Gasteiger partial charge is 0.189 e. The number of aryl methyl sites for hydroxylation is 2. The third-order valence-electron chi connectivity index (χ3n) is 12.2. The Labute approximate surface area is 527 Å². The number of ether oxygens (including phenoxy) is 12. The largest absolute Gasteiger partial charge is 0.497 e. The number of benzene rings is 4. The van der Waals surface area contributed by atoms with Gasteiger partial charge >= 0.3 is 0 Å². The minimum Gasteiger partial charge on any atom is -0.497 e. The van der Waals surface area contributed by atoms with E-state index in [2.05, 4.69) is 91.5 Å². The number of carbonyl (C=O) groups is 2. The van der Waals surface area contributed by atoms with E-state index in [0.29, 0.717) is 52.9 Å². The van der Waals surface area contributed by atoms with Crippen LogP contribution in [0.5, 0.6) is 57.5 Å². The van der Waals surface area contributed by atoms with Gasteiger partial charge in [0.1, 0.15) is 67.1 Å². The molecule has 0 aliphatic rings. The van der Waals surface area contributed by atoms with Gasteiger partial charge in [0.2, 0.25) is 0 Å². The summed E-state index contributed by atoms with van der Waals surface area (Å²) in [5.74, 6) is 8.09. The van der Waals surface area contributed by atoms with Gasteiger partial charge < -0.3 is 66.4 Å². The van der Waals surface area contributed by atoms with Gasteiger partial charge in [0.25, 0.3) is 0 Å². The Hall–Kier alpha value is -6.10. The molecule has 0 bridgehead atoms. The molecular weight excluding hydrogens is 1280 g/mol. The summed E-state index contributed by atoms with van der Waals surface area (Å²) in [6.45, 7) is 21.2. The van der Waals surface area contributed by atoms with Gasteiger partial charge in [0.05, 0.1) is 53.9 Å². The summed E-state index contributed by atoms with van der Waals surface area (Å²) < 4.78 is 72.1. The molecule has 8 rings (SSSR count). The Bertz CT molecular complexity index is 3190. The predicted octanol–water partition coefficient (Wildman–Crippen LogP) is 18.1. The SMILES string of the molecule is C=O.C=O.CCOCOc1c(-c2cc(C)ccc2OCCCCOc2ccc(OC)cc2-c2csc(Br)c2OCC)csc1Br.CCOCOc1cscc1-c1cc(C)ccc1OCCCCOc1ccc(OC)cc1-c1cscc1OCC. The molecule has 0 spiro atoms. The molecule has 0 amide bonds. The van der Waals surface area contributed by atoms with Gasteiger partial charge in [0, 0.05) is 90.0 Å². The van der Waals surface area contributed by atoms with E-state index in [0.717, 1.165) is 141 Å². The van der Waals surface area contributed by atoms with Crippen LogP contribution >= 0.6 is 77.2 Å². The lowest BCUT2D eigenvalue weighted by molar-refractivity contribution is -0.0987. The van der Waals surface area contributed by atoms with E-state index in [1.807, 2.05) is 101 Å². The molecule has 4 aromatic carbocycles. The van der Waals surface area contributed by atoms with Gasteiger partial charge in [0.15, 0.2) is 25.1 Å². The quantitative estimate of drug-likeness (QED) is 0.0291. The number of methoxy groups -OCH3 is 2. The Morgan fingerprint density at radius 2 is 0.750 bits per heavy atom. The normalized spacial score (nSPS) is 10.5. The summed E-state index contributed by atoms with van der Waals surface area (Å²) in [4.78, 5) is 16.0. The molecule has 20 heteroatoms. The van der Waals surface area contributed by atoms with Crippen LogP contribution in [0.1, 0.15) is 64.5 Å². The van der Waals surface area contributed by atoms with Crippen molar-refractivity contribution in [3.63, 3.8) is 0 Å². The van der Waals surface area contributed by atoms with Crippen LogP contribution in [-0.4, -0.2) is 94.2 Å². The maximum atomic E-state index is 8.00. The second kappa shape index (κ2) is 38.1. The lowest BCUT2D eigenvalue weighted by Crippen LogP contribution is -2.05. The molecular formula is C64H74Br2O14S4. The third kappa shape index (κ3) is 20.0. The Balaban J connectivity index is 0.000000291. The minimum atomic E-state index is 0.202. The average molecular weight is 1360 g/mol. The summed E-state index contributed by atoms with van der Waals surface area (Å²) >= 11 is 13.6. The van der Waals surface area contributed by atoms with E-state index < -0.39 is 0 Å². The Kier molecular flexibility index (Phi) is 31.1. The van der Waals surface area contributed by atoms with E-state index in [1.54, 1.807) is 59.6 Å². The lowest BCUT2D eigenvalue weighted by atomic mass is 10.0. The molecule has 14 nitrogen and oxygen atoms in total. The van der Waals surface area contributed by atoms with Crippen LogP contribution in [-0.2, 0) is 19.1 Å². The summed E-state index contributed by atoms with van der Waals surface area (Å²) in [5.41, 5.74) is 10.3. The van der Waals surface area contributed by atoms with Gasteiger partial charge in [-0.15, -0.1) is 45.3 Å². The first-order valence-corrected chi connectivity index (χ1v) is 32.3. The van der Waals surface area contributed by atoms with E-state index >= 15 is 0 Å². The molecule has 0 saturated carbocycles. The summed E-state index contributed by atoms with van der Waals surface area (Å²) in [5, 5.41) is 12.3. The summed E-state index contributed by atoms with van der Waals surface area (Å²) in [6.07, 6.45) is 3.40. The van der Waals surface area contributed by atoms with Gasteiger partial charge in [-0.3, -0.25) is 0 Å². The monoisotopic (exact) mass is 1350 g/mol. The summed E-state index contributed by atoms with van der Waals surface area (Å²) in [7, 11) is 3.33. The molecule has 0 saturated heterocycles. The second-order valence-electron chi connectivity index (χ2n) is 17.7. The van der Waals surface area contributed by atoms with E-state index in [1.165, 1.54) is 5.56 Å². The molecule has 452 valence electrons. The van der Waals surface area contributed by atoms with Crippen molar-refractivity contribution in [2.75, 3.05) is 80.7 Å². The third-order valence-corrected chi connectivity index (χ3v) is 16.9. The highest BCUT2D eigenvalue weighted by Gasteiger charge is 2.21. The zero-order valence-corrected chi connectivity index (χ0v) is 55.2. The van der Waals surface area contributed by atoms with Gasteiger partial charge in [-0.25, -0.2) is 0 Å². The number of halogens is 2. The van der Waals surface area contributed by atoms with E-state index in [-0.39, 0.29) is 13.6 Å². The fourth-order valence-corrected chi connectivity index (χ4v) is 12.4. The van der Waals surface area contributed by atoms with Crippen LogP contribution < -0.4 is 47.4 Å². The predicted molar refractivity (Wildman–Crippen MR) is 348 cm³/mol. The number of thiophene rings is 4. The summed E-state index contributed by atoms with van der Waals surface area (Å²) in [6, 6.07) is 24.2. The van der Waals surface area contributed by atoms with E-state index in [9.17, 15) is 0 Å². The molecule has 0 atom stereocenters. The van der Waals surface area contributed by atoms with Crippen molar-refractivity contribution in [3.8, 4) is 102 Å². The van der Waals surface area contributed by atoms with Crippen molar-refractivity contribution >= 4 is 90.8 Å². The van der Waals surface area contributed by atoms with Crippen LogP contribution in [0, 0.1) is 13.8 Å². The molecule has 4 aromatic heterocycles. The number of rotatable bonds is 32. The van der Waals surface area contributed by atoms with Crippen LogP contribution in [0.15, 0.2) is 113 Å². The fourth-order valence-electron chi connectivity index (χ4n) is 8.19. The maximum Gasteiger partial charge on any atom is 0.189 e. The molecule has 0 N–H and O–H groups in total. The molecule has 8 aromatic rings. The standard InChI is InChI=1S/C31H34Br2O6S2.C31H36O6S2.2CH2O/c1-5-35-19-39-29-24(17-41-31(29)33)22-15-20(3)9-11-26(22)37-13-7-8-14-38-27-12-10-21(34-4)16-23(27)25-18-40-30(32)28(25)36-6-2;1-5-33-21-37-31-20-39-17-26(31)24-15-22(3)9-11-28(24)35-13-7-8-14-36-29-12-10-23(32-4)16-25(29)27-18-38-19-30(27)34-6-2;2*1-2/h9-12,15-18H,5-8,13-14,19H2,1-4H3;9-12,15-20H,5-8,13-14,21H2,1-4H3;2*1H2. The van der Waals surface area contributed by atoms with Crippen molar-refractivity contribution in [1.29, 1.82) is 0 Å². The molecule has 0 unspecified atom stereocenters. The highest BCUT2D eigenvalue weighted by Crippen LogP contribution is 2.48. The average Bonchev–Trinajstić information content (AvgIpc) is 4.20. The number of hydrogen-bond acceptors (Lipinski definition) is 18. The van der Waals surface area contributed by atoms with E-state index in [4.69, 9.17) is 66.4 Å². The van der Waals surface area contributed by atoms with Crippen molar-refractivity contribution in [1.82, 2.24) is 0 Å². The topological polar surface area (TPSA) is 145 Å². The fraction of sp³-hybridized carbons (Fsp3) is 0.344. The van der Waals surface area contributed by atoms with Crippen molar-refractivity contribution in [2.24, 2.45) is 0 Å². The highest BCUT2D eigenvalue weighted by atomic mass is 79.9. The maximum absolute atomic E-state index is 8.00. The molecule has 0 radical (unpaired) electrons. The minimum absolute atomic E-state index is 0.202. The second-order valence-corrected chi connectivity index (χ2v) is 23.6. The van der Waals surface area contributed by atoms with Crippen LogP contribution in [0.2, 0.25) is 0 Å². The Morgan fingerprint density at radius 3 is 1.17 bits per heavy atom. The molecule has 0 aliphatic carbocycles. The first-order valence-electron chi connectivity index (χ1n) is 27.1. The van der Waals surface area contributed by atoms with Crippen molar-refractivity contribution in [3.05, 3.63) is 124 Å². The Morgan fingerprint density at radius 1 is 0.381 bits per heavy atom. The van der Waals surface area contributed by atoms with Crippen molar-refractivity contribution in [2.45, 2.75) is 67.2 Å². The highest BCUT2D eigenvalue weighted by molar-refractivity contribution is 9.11. The number of hydrogen-bond donors (Lipinski definition) is 0. The molecule has 4 heterocycles. The molecule has 0 aliphatic heterocycles. The van der Waals surface area contributed by atoms with Crippen LogP contribution in [0.3, 0.4) is 0 Å². The van der Waals surface area contributed by atoms with Crippen molar-refractivity contribution < 1.29 is 66.4 Å². The van der Waals surface area contributed by atoms with Gasteiger partial charge in [-0.2, -0.15) is 0 Å². The molecule has 0 fully saturated rings. The first-order chi connectivity index (χ1) is 41.1. The zero-order chi connectivity index (χ0) is 60.6. The first kappa shape index (κ1) is 68.7. The molecule has 84 heavy (non-hydrogen) atoms. The lowest BCUT2D eigenvalue weighted by Gasteiger charge is -2.15.